The topological polar surface area (TPSA) is 66.4 Å². The molecule has 2 N–H and O–H groups in total. The Hall–Kier alpha value is -1.66. The molecule has 6 heteroatoms. The van der Waals surface area contributed by atoms with E-state index in [4.69, 9.17) is 0 Å². The molecule has 0 fully saturated rings. The Morgan fingerprint density at radius 2 is 1.92 bits per heavy atom. The summed E-state index contributed by atoms with van der Waals surface area (Å²) >= 11 is 4.17. The van der Waals surface area contributed by atoms with Gasteiger partial charge in [-0.1, -0.05) is 12.1 Å². The van der Waals surface area contributed by atoms with Crippen molar-refractivity contribution in [3.05, 3.63) is 46.9 Å². The van der Waals surface area contributed by atoms with Gasteiger partial charge < -0.3 is 10.4 Å². The Labute approximate surface area is 152 Å². The fourth-order valence-corrected chi connectivity index (χ4v) is 3.89. The molecule has 3 unspecified atom stereocenters. The number of thiol groups is 1. The van der Waals surface area contributed by atoms with E-state index in [1.54, 1.807) is 19.1 Å². The SMILES string of the molecule is CC(=O)C1=C(NCCS)CC(C)(O)C(C(C)=O)C1c1ccc(F)cc1. The molecule has 0 spiro atoms. The first-order valence-electron chi connectivity index (χ1n) is 8.26. The second kappa shape index (κ2) is 7.70. The lowest BCUT2D eigenvalue weighted by atomic mass is 9.64. The molecule has 1 aliphatic carbocycles. The number of rotatable bonds is 6. The Morgan fingerprint density at radius 1 is 1.32 bits per heavy atom. The van der Waals surface area contributed by atoms with Crippen LogP contribution >= 0.6 is 12.6 Å². The second-order valence-corrected chi connectivity index (χ2v) is 7.20. The molecular formula is C19H24FNO3S. The summed E-state index contributed by atoms with van der Waals surface area (Å²) in [5.74, 6) is -1.61. The number of carbonyl (C=O) groups excluding carboxylic acids is 2. The summed E-state index contributed by atoms with van der Waals surface area (Å²) in [7, 11) is 0. The number of carbonyl (C=O) groups is 2. The van der Waals surface area contributed by atoms with Crippen LogP contribution in [0.4, 0.5) is 4.39 Å². The highest BCUT2D eigenvalue weighted by Crippen LogP contribution is 2.47. The molecule has 0 amide bonds. The lowest BCUT2D eigenvalue weighted by molar-refractivity contribution is -0.131. The van der Waals surface area contributed by atoms with Gasteiger partial charge in [0.15, 0.2) is 5.78 Å². The van der Waals surface area contributed by atoms with Gasteiger partial charge in [0, 0.05) is 35.9 Å². The minimum absolute atomic E-state index is 0.169. The van der Waals surface area contributed by atoms with Crippen molar-refractivity contribution < 1.29 is 19.1 Å². The fraction of sp³-hybridized carbons (Fsp3) is 0.474. The number of aliphatic hydroxyl groups is 1. The van der Waals surface area contributed by atoms with E-state index in [-0.39, 0.29) is 18.0 Å². The van der Waals surface area contributed by atoms with E-state index in [1.807, 2.05) is 0 Å². The van der Waals surface area contributed by atoms with Crippen molar-refractivity contribution in [1.82, 2.24) is 5.32 Å². The molecule has 0 saturated heterocycles. The minimum atomic E-state index is -1.32. The maximum absolute atomic E-state index is 13.3. The van der Waals surface area contributed by atoms with Crippen LogP contribution < -0.4 is 5.32 Å². The molecule has 0 heterocycles. The van der Waals surface area contributed by atoms with Crippen molar-refractivity contribution in [3.63, 3.8) is 0 Å². The number of allylic oxidation sites excluding steroid dienone is 1. The molecule has 0 aliphatic heterocycles. The zero-order valence-electron chi connectivity index (χ0n) is 14.7. The zero-order chi connectivity index (χ0) is 18.8. The lowest BCUT2D eigenvalue weighted by Gasteiger charge is -2.43. The number of Topliss-reactive ketones (excluding diaryl/α,β-unsaturated/α-hetero) is 2. The summed E-state index contributed by atoms with van der Waals surface area (Å²) in [6.07, 6.45) is 0.178. The standard InChI is InChI=1S/C19H24FNO3S/c1-11(22)16-15(21-8-9-25)10-19(3,24)18(12(2)23)17(16)13-4-6-14(20)7-5-13/h4-7,17-18,21,24-25H,8-10H2,1-3H3. The van der Waals surface area contributed by atoms with Gasteiger partial charge in [-0.2, -0.15) is 12.6 Å². The van der Waals surface area contributed by atoms with Gasteiger partial charge in [0.1, 0.15) is 11.6 Å². The number of hydrogen-bond acceptors (Lipinski definition) is 5. The van der Waals surface area contributed by atoms with Crippen molar-refractivity contribution in [1.29, 1.82) is 0 Å². The van der Waals surface area contributed by atoms with Gasteiger partial charge in [-0.05, 0) is 38.5 Å². The number of benzene rings is 1. The van der Waals surface area contributed by atoms with Gasteiger partial charge in [-0.15, -0.1) is 0 Å². The Bertz CT molecular complexity index is 697. The highest BCUT2D eigenvalue weighted by molar-refractivity contribution is 7.80. The Kier molecular flexibility index (Phi) is 6.06. The van der Waals surface area contributed by atoms with Crippen LogP contribution in [-0.4, -0.2) is 34.6 Å². The summed E-state index contributed by atoms with van der Waals surface area (Å²) in [6.45, 7) is 5.01. The minimum Gasteiger partial charge on any atom is -0.389 e. The molecule has 1 aliphatic rings. The van der Waals surface area contributed by atoms with Crippen LogP contribution in [0.3, 0.4) is 0 Å². The van der Waals surface area contributed by atoms with Crippen molar-refractivity contribution in [3.8, 4) is 0 Å². The highest BCUT2D eigenvalue weighted by Gasteiger charge is 2.49. The molecule has 0 bridgehead atoms. The predicted molar refractivity (Wildman–Crippen MR) is 98.1 cm³/mol. The van der Waals surface area contributed by atoms with Crippen LogP contribution in [0, 0.1) is 11.7 Å². The van der Waals surface area contributed by atoms with Crippen LogP contribution in [0.5, 0.6) is 0 Å². The second-order valence-electron chi connectivity index (χ2n) is 6.75. The van der Waals surface area contributed by atoms with E-state index in [9.17, 15) is 19.1 Å². The number of ketones is 2. The molecule has 0 saturated carbocycles. The number of hydrogen-bond donors (Lipinski definition) is 3. The lowest BCUT2D eigenvalue weighted by Crippen LogP contribution is -2.49. The number of nitrogens with one attached hydrogen (secondary N) is 1. The van der Waals surface area contributed by atoms with Crippen LogP contribution in [0.15, 0.2) is 35.5 Å². The molecule has 0 aromatic heterocycles. The molecular weight excluding hydrogens is 341 g/mol. The van der Waals surface area contributed by atoms with Gasteiger partial charge in [-0.25, -0.2) is 4.39 Å². The predicted octanol–water partition coefficient (Wildman–Crippen LogP) is 2.63. The third kappa shape index (κ3) is 4.12. The first-order chi connectivity index (χ1) is 11.7. The Balaban J connectivity index is 2.68. The van der Waals surface area contributed by atoms with E-state index in [0.717, 1.165) is 0 Å². The average molecular weight is 365 g/mol. The van der Waals surface area contributed by atoms with Crippen molar-refractivity contribution >= 4 is 24.2 Å². The summed E-state index contributed by atoms with van der Waals surface area (Å²) in [5, 5.41) is 14.1. The summed E-state index contributed by atoms with van der Waals surface area (Å²) < 4.78 is 13.3. The molecule has 3 atom stereocenters. The molecule has 1 aromatic carbocycles. The quantitative estimate of drug-likeness (QED) is 0.678. The normalized spacial score (nSPS) is 26.5. The van der Waals surface area contributed by atoms with E-state index < -0.39 is 23.3 Å². The van der Waals surface area contributed by atoms with Gasteiger partial charge in [0.2, 0.25) is 0 Å². The van der Waals surface area contributed by atoms with Crippen LogP contribution in [0.1, 0.15) is 38.7 Å². The summed E-state index contributed by atoms with van der Waals surface area (Å²) in [5.41, 5.74) is 0.415. The van der Waals surface area contributed by atoms with Gasteiger partial charge in [-0.3, -0.25) is 9.59 Å². The number of halogens is 1. The average Bonchev–Trinajstić information content (AvgIpc) is 2.51. The van der Waals surface area contributed by atoms with Crippen molar-refractivity contribution in [2.24, 2.45) is 5.92 Å². The smallest absolute Gasteiger partial charge is 0.158 e. The van der Waals surface area contributed by atoms with Crippen LogP contribution in [0.2, 0.25) is 0 Å². The largest absolute Gasteiger partial charge is 0.389 e. The summed E-state index contributed by atoms with van der Waals surface area (Å²) in [4.78, 5) is 24.8. The zero-order valence-corrected chi connectivity index (χ0v) is 15.6. The van der Waals surface area contributed by atoms with Crippen LogP contribution in [-0.2, 0) is 9.59 Å². The van der Waals surface area contributed by atoms with E-state index in [2.05, 4.69) is 17.9 Å². The third-order valence-electron chi connectivity index (χ3n) is 4.67. The van der Waals surface area contributed by atoms with Crippen molar-refractivity contribution in [2.75, 3.05) is 12.3 Å². The maximum atomic E-state index is 13.3. The highest BCUT2D eigenvalue weighted by atomic mass is 32.1. The molecule has 0 radical (unpaired) electrons. The molecule has 4 nitrogen and oxygen atoms in total. The van der Waals surface area contributed by atoms with Gasteiger partial charge >= 0.3 is 0 Å². The van der Waals surface area contributed by atoms with Crippen LogP contribution in [0.25, 0.3) is 0 Å². The first-order valence-corrected chi connectivity index (χ1v) is 8.89. The van der Waals surface area contributed by atoms with E-state index in [0.29, 0.717) is 29.1 Å². The maximum Gasteiger partial charge on any atom is 0.158 e. The fourth-order valence-electron chi connectivity index (χ4n) is 3.77. The Morgan fingerprint density at radius 3 is 2.40 bits per heavy atom. The molecule has 25 heavy (non-hydrogen) atoms. The van der Waals surface area contributed by atoms with E-state index in [1.165, 1.54) is 26.0 Å². The summed E-state index contributed by atoms with van der Waals surface area (Å²) in [6, 6.07) is 5.73. The first kappa shape index (κ1) is 19.7. The molecule has 136 valence electrons. The molecule has 1 aromatic rings. The monoisotopic (exact) mass is 365 g/mol. The molecule has 2 rings (SSSR count). The third-order valence-corrected chi connectivity index (χ3v) is 4.89. The van der Waals surface area contributed by atoms with E-state index >= 15 is 0 Å². The van der Waals surface area contributed by atoms with Crippen molar-refractivity contribution in [2.45, 2.75) is 38.7 Å². The van der Waals surface area contributed by atoms with Gasteiger partial charge in [0.05, 0.1) is 11.5 Å². The van der Waals surface area contributed by atoms with Gasteiger partial charge in [0.25, 0.3) is 0 Å².